The molecule has 1 unspecified atom stereocenters. The molecule has 0 aliphatic carbocycles. The van der Waals surface area contributed by atoms with Crippen molar-refractivity contribution in [1.82, 2.24) is 0 Å². The zero-order valence-corrected chi connectivity index (χ0v) is 13.1. The van der Waals surface area contributed by atoms with E-state index in [1.54, 1.807) is 0 Å². The first-order valence-corrected chi connectivity index (χ1v) is 7.88. The van der Waals surface area contributed by atoms with E-state index in [-0.39, 0.29) is 0 Å². The van der Waals surface area contributed by atoms with Gasteiger partial charge in [-0.05, 0) is 43.6 Å². The maximum absolute atomic E-state index is 3.75. The summed E-state index contributed by atoms with van der Waals surface area (Å²) in [7, 11) is 0.957. The number of benzene rings is 2. The highest BCUT2D eigenvalue weighted by molar-refractivity contribution is 9.10. The van der Waals surface area contributed by atoms with Gasteiger partial charge in [0.15, 0.2) is 0 Å². The van der Waals surface area contributed by atoms with Crippen molar-refractivity contribution in [3.8, 4) is 0 Å². The maximum Gasteiger partial charge on any atom is 0.0289 e. The van der Waals surface area contributed by atoms with E-state index in [0.717, 1.165) is 14.7 Å². The second kappa shape index (κ2) is 5.08. The molecule has 0 aliphatic heterocycles. The molecule has 2 rings (SSSR count). The molecule has 0 saturated heterocycles. The Labute approximate surface area is 114 Å². The summed E-state index contributed by atoms with van der Waals surface area (Å²) in [5, 5.41) is 3.05. The van der Waals surface area contributed by atoms with Crippen LogP contribution in [0, 0.1) is 0 Å². The fourth-order valence-electron chi connectivity index (χ4n) is 1.78. The Morgan fingerprint density at radius 2 is 1.76 bits per heavy atom. The Hall–Kier alpha value is -0.390. The van der Waals surface area contributed by atoms with Crippen LogP contribution in [-0.4, -0.2) is 5.16 Å². The molecule has 2 heteroatoms. The summed E-state index contributed by atoms with van der Waals surface area (Å²) in [5.41, 5.74) is 1.43. The number of hydrogen-bond donors (Lipinski definition) is 0. The van der Waals surface area contributed by atoms with Gasteiger partial charge in [-0.25, -0.2) is 0 Å². The minimum atomic E-state index is 0.422. The van der Waals surface area contributed by atoms with Crippen molar-refractivity contribution in [3.05, 3.63) is 46.4 Å². The topological polar surface area (TPSA) is 0 Å². The molecule has 0 heterocycles. The molecule has 0 N–H and O–H groups in total. The zero-order chi connectivity index (χ0) is 12.5. The van der Waals surface area contributed by atoms with Crippen LogP contribution in [0.25, 0.3) is 10.8 Å². The van der Waals surface area contributed by atoms with Crippen molar-refractivity contribution in [2.75, 3.05) is 0 Å². The summed E-state index contributed by atoms with van der Waals surface area (Å²) in [6.07, 6.45) is 1.16. The van der Waals surface area contributed by atoms with Crippen molar-refractivity contribution in [2.24, 2.45) is 0 Å². The molecule has 0 spiro atoms. The van der Waals surface area contributed by atoms with Crippen LogP contribution >= 0.6 is 24.5 Å². The number of halogens is 1. The third-order valence-electron chi connectivity index (χ3n) is 2.75. The van der Waals surface area contributed by atoms with Gasteiger partial charge in [0.25, 0.3) is 0 Å². The lowest BCUT2D eigenvalue weighted by atomic mass is 10.1. The first kappa shape index (κ1) is 13.1. The summed E-state index contributed by atoms with van der Waals surface area (Å²) in [6.45, 7) is 6.92. The third-order valence-corrected chi connectivity index (χ3v) is 5.31. The van der Waals surface area contributed by atoms with E-state index < -0.39 is 0 Å². The van der Waals surface area contributed by atoms with Gasteiger partial charge in [0.1, 0.15) is 0 Å². The summed E-state index contributed by atoms with van der Waals surface area (Å²) >= 11 is 3.75. The van der Waals surface area contributed by atoms with Crippen LogP contribution in [0.3, 0.4) is 0 Å². The molecule has 0 aliphatic rings. The highest BCUT2D eigenvalue weighted by Gasteiger charge is 2.12. The Morgan fingerprint density at radius 3 is 2.47 bits per heavy atom. The van der Waals surface area contributed by atoms with Crippen molar-refractivity contribution in [2.45, 2.75) is 32.1 Å². The molecule has 0 radical (unpaired) electrons. The van der Waals surface area contributed by atoms with Gasteiger partial charge in [0.05, 0.1) is 0 Å². The smallest absolute Gasteiger partial charge is 0.0289 e. The molecule has 17 heavy (non-hydrogen) atoms. The maximum atomic E-state index is 3.75. The molecular formula is C15H18BrP. The van der Waals surface area contributed by atoms with Crippen LogP contribution < -0.4 is 0 Å². The van der Waals surface area contributed by atoms with Gasteiger partial charge < -0.3 is 0 Å². The van der Waals surface area contributed by atoms with E-state index in [4.69, 9.17) is 0 Å². The predicted molar refractivity (Wildman–Crippen MR) is 83.4 cm³/mol. The van der Waals surface area contributed by atoms with E-state index in [9.17, 15) is 0 Å². The molecular weight excluding hydrogens is 291 g/mol. The highest BCUT2D eigenvalue weighted by atomic mass is 79.9. The lowest BCUT2D eigenvalue weighted by molar-refractivity contribution is 0.792. The second-order valence-corrected chi connectivity index (χ2v) is 8.36. The lowest BCUT2D eigenvalue weighted by Crippen LogP contribution is -2.05. The highest BCUT2D eigenvalue weighted by Crippen LogP contribution is 2.37. The van der Waals surface area contributed by atoms with Crippen molar-refractivity contribution in [1.29, 1.82) is 0 Å². The Balaban J connectivity index is 2.33. The minimum Gasteiger partial charge on any atom is -0.112 e. The van der Waals surface area contributed by atoms with Crippen LogP contribution in [-0.2, 0) is 6.16 Å². The zero-order valence-electron chi connectivity index (χ0n) is 10.5. The summed E-state index contributed by atoms with van der Waals surface area (Å²) in [4.78, 5) is 0. The van der Waals surface area contributed by atoms with Gasteiger partial charge in [0, 0.05) is 4.47 Å². The Morgan fingerprint density at radius 1 is 1.06 bits per heavy atom. The van der Waals surface area contributed by atoms with Gasteiger partial charge >= 0.3 is 0 Å². The molecule has 0 aromatic heterocycles. The predicted octanol–water partition coefficient (Wildman–Crippen LogP) is 5.58. The van der Waals surface area contributed by atoms with E-state index >= 15 is 0 Å². The molecule has 2 aromatic carbocycles. The average Bonchev–Trinajstić information content (AvgIpc) is 2.27. The molecule has 0 nitrogen and oxygen atoms in total. The second-order valence-electron chi connectivity index (χ2n) is 5.36. The van der Waals surface area contributed by atoms with Crippen molar-refractivity contribution < 1.29 is 0 Å². The fraction of sp³-hybridized carbons (Fsp3) is 0.333. The normalized spacial score (nSPS) is 12.7. The first-order valence-electron chi connectivity index (χ1n) is 5.88. The quantitative estimate of drug-likeness (QED) is 0.635. The van der Waals surface area contributed by atoms with Crippen LogP contribution in [0.4, 0.5) is 0 Å². The molecule has 1 atom stereocenters. The minimum absolute atomic E-state index is 0.422. The lowest BCUT2D eigenvalue weighted by Gasteiger charge is -2.19. The van der Waals surface area contributed by atoms with E-state index in [2.05, 4.69) is 73.1 Å². The molecule has 0 amide bonds. The number of rotatable bonds is 2. The fourth-order valence-corrected chi connectivity index (χ4v) is 3.68. The molecule has 2 aromatic rings. The number of hydrogen-bond acceptors (Lipinski definition) is 0. The summed E-state index contributed by atoms with van der Waals surface area (Å²) in [6, 6.07) is 13.0. The van der Waals surface area contributed by atoms with E-state index in [1.165, 1.54) is 20.8 Å². The standard InChI is InChI=1S/C15H18BrP/c1-15(2,3)17-10-12-9-8-11-6-4-5-7-13(11)14(12)16/h4-9,17H,10H2,1-3H3. The van der Waals surface area contributed by atoms with Gasteiger partial charge in [0.2, 0.25) is 0 Å². The largest absolute Gasteiger partial charge is 0.112 e. The van der Waals surface area contributed by atoms with Gasteiger partial charge in [-0.3, -0.25) is 0 Å². The Kier molecular flexibility index (Phi) is 3.90. The number of fused-ring (bicyclic) bond motifs is 1. The third kappa shape index (κ3) is 3.30. The van der Waals surface area contributed by atoms with Crippen LogP contribution in [0.1, 0.15) is 26.3 Å². The SMILES string of the molecule is CC(C)(C)PCc1ccc2ccccc2c1Br. The van der Waals surface area contributed by atoms with Gasteiger partial charge in [-0.1, -0.05) is 57.2 Å². The first-order chi connectivity index (χ1) is 7.97. The van der Waals surface area contributed by atoms with Crippen LogP contribution in [0.5, 0.6) is 0 Å². The van der Waals surface area contributed by atoms with Crippen LogP contribution in [0.15, 0.2) is 40.9 Å². The van der Waals surface area contributed by atoms with Crippen molar-refractivity contribution >= 4 is 35.3 Å². The molecule has 0 fully saturated rings. The van der Waals surface area contributed by atoms with Gasteiger partial charge in [-0.2, -0.15) is 0 Å². The van der Waals surface area contributed by atoms with Gasteiger partial charge in [-0.15, -0.1) is 8.58 Å². The molecule has 0 bridgehead atoms. The van der Waals surface area contributed by atoms with E-state index in [1.807, 2.05) is 0 Å². The monoisotopic (exact) mass is 308 g/mol. The van der Waals surface area contributed by atoms with Crippen molar-refractivity contribution in [3.63, 3.8) is 0 Å². The average molecular weight is 309 g/mol. The molecule has 0 saturated carbocycles. The Bertz CT molecular complexity index is 526. The summed E-state index contributed by atoms with van der Waals surface area (Å²) < 4.78 is 1.27. The van der Waals surface area contributed by atoms with Crippen LogP contribution in [0.2, 0.25) is 0 Å². The summed E-state index contributed by atoms with van der Waals surface area (Å²) in [5.74, 6) is 0. The molecule has 90 valence electrons. The van der Waals surface area contributed by atoms with E-state index in [0.29, 0.717) is 5.16 Å².